The summed E-state index contributed by atoms with van der Waals surface area (Å²) in [5, 5.41) is 0. The Morgan fingerprint density at radius 2 is 1.86 bits per heavy atom. The quantitative estimate of drug-likeness (QED) is 0.623. The van der Waals surface area contributed by atoms with Crippen LogP contribution in [-0.4, -0.2) is 9.55 Å². The van der Waals surface area contributed by atoms with Crippen LogP contribution in [0.1, 0.15) is 11.1 Å². The highest BCUT2D eigenvalue weighted by atomic mass is 35.5. The molecule has 2 aromatic carbocycles. The van der Waals surface area contributed by atoms with Crippen LogP contribution >= 0.6 is 11.6 Å². The Bertz CT molecular complexity index is 793. The minimum absolute atomic E-state index is 0.0358. The normalized spacial score (nSPS) is 12.0. The molecule has 0 aliphatic rings. The van der Waals surface area contributed by atoms with Crippen molar-refractivity contribution in [2.45, 2.75) is 12.1 Å². The van der Waals surface area contributed by atoms with Crippen LogP contribution in [0, 0.1) is 0 Å². The third-order valence-corrected chi connectivity index (χ3v) is 3.54. The molecule has 0 amide bonds. The number of alkyl halides is 4. The molecule has 0 saturated carbocycles. The lowest BCUT2D eigenvalue weighted by Crippen LogP contribution is -2.11. The number of aromatic nitrogens is 2. The van der Waals surface area contributed by atoms with E-state index in [-0.39, 0.29) is 11.6 Å². The molecule has 0 unspecified atom stereocenters. The standard InChI is InChI=1S/C15H10ClF3N2/c16-8-10-5-6-13(11(7-10)15(17,18)19)21-9-20-12-3-1-2-4-14(12)21/h1-7,9H,8H2. The summed E-state index contributed by atoms with van der Waals surface area (Å²) in [6.45, 7) is 0. The summed E-state index contributed by atoms with van der Waals surface area (Å²) in [5.74, 6) is 0.0358. The summed E-state index contributed by atoms with van der Waals surface area (Å²) < 4.78 is 41.3. The second kappa shape index (κ2) is 5.07. The molecular weight excluding hydrogens is 301 g/mol. The molecule has 1 aromatic heterocycles. The van der Waals surface area contributed by atoms with Crippen molar-refractivity contribution in [3.8, 4) is 5.69 Å². The van der Waals surface area contributed by atoms with Gasteiger partial charge in [0, 0.05) is 5.88 Å². The number of benzene rings is 2. The van der Waals surface area contributed by atoms with Gasteiger partial charge in [0.15, 0.2) is 0 Å². The van der Waals surface area contributed by atoms with E-state index in [1.165, 1.54) is 17.0 Å². The zero-order chi connectivity index (χ0) is 15.0. The molecule has 3 aromatic rings. The van der Waals surface area contributed by atoms with Crippen LogP contribution in [0.15, 0.2) is 48.8 Å². The number of imidazole rings is 1. The van der Waals surface area contributed by atoms with E-state index in [0.717, 1.165) is 6.07 Å². The second-order valence-corrected chi connectivity index (χ2v) is 4.85. The number of fused-ring (bicyclic) bond motifs is 1. The van der Waals surface area contributed by atoms with Gasteiger partial charge in [0.05, 0.1) is 22.3 Å². The molecule has 1 heterocycles. The highest BCUT2D eigenvalue weighted by Gasteiger charge is 2.34. The Morgan fingerprint density at radius 1 is 1.10 bits per heavy atom. The molecule has 21 heavy (non-hydrogen) atoms. The zero-order valence-corrected chi connectivity index (χ0v) is 11.5. The van der Waals surface area contributed by atoms with Gasteiger partial charge in [-0.05, 0) is 29.8 Å². The van der Waals surface area contributed by atoms with Crippen LogP contribution in [0.5, 0.6) is 0 Å². The van der Waals surface area contributed by atoms with Gasteiger partial charge in [-0.3, -0.25) is 4.57 Å². The van der Waals surface area contributed by atoms with Crippen LogP contribution in [0.4, 0.5) is 13.2 Å². The molecule has 0 fully saturated rings. The van der Waals surface area contributed by atoms with E-state index in [0.29, 0.717) is 16.6 Å². The molecule has 0 aliphatic carbocycles. The second-order valence-electron chi connectivity index (χ2n) is 4.59. The van der Waals surface area contributed by atoms with Gasteiger partial charge in [0.25, 0.3) is 0 Å². The van der Waals surface area contributed by atoms with Gasteiger partial charge in [-0.1, -0.05) is 18.2 Å². The highest BCUT2D eigenvalue weighted by Crippen LogP contribution is 2.35. The van der Waals surface area contributed by atoms with E-state index in [1.807, 2.05) is 0 Å². The van der Waals surface area contributed by atoms with Gasteiger partial charge in [0.1, 0.15) is 6.33 Å². The molecule has 6 heteroatoms. The predicted molar refractivity (Wildman–Crippen MR) is 75.6 cm³/mol. The van der Waals surface area contributed by atoms with E-state index < -0.39 is 11.7 Å². The van der Waals surface area contributed by atoms with E-state index in [4.69, 9.17) is 11.6 Å². The Hall–Kier alpha value is -2.01. The summed E-state index contributed by atoms with van der Waals surface area (Å²) in [4.78, 5) is 4.13. The molecule has 0 saturated heterocycles. The van der Waals surface area contributed by atoms with Gasteiger partial charge in [-0.25, -0.2) is 4.98 Å². The van der Waals surface area contributed by atoms with Gasteiger partial charge in [-0.15, -0.1) is 11.6 Å². The van der Waals surface area contributed by atoms with E-state index in [9.17, 15) is 13.2 Å². The Labute approximate surface area is 123 Å². The van der Waals surface area contributed by atoms with Gasteiger partial charge in [0.2, 0.25) is 0 Å². The summed E-state index contributed by atoms with van der Waals surface area (Å²) in [7, 11) is 0. The Morgan fingerprint density at radius 3 is 2.57 bits per heavy atom. The van der Waals surface area contributed by atoms with Crippen LogP contribution in [0.3, 0.4) is 0 Å². The first-order valence-electron chi connectivity index (χ1n) is 6.19. The fraction of sp³-hybridized carbons (Fsp3) is 0.133. The first-order chi connectivity index (χ1) is 10.0. The molecule has 0 bridgehead atoms. The number of hydrogen-bond donors (Lipinski definition) is 0. The number of rotatable bonds is 2. The number of para-hydroxylation sites is 2. The van der Waals surface area contributed by atoms with Crippen LogP contribution in [-0.2, 0) is 12.1 Å². The van der Waals surface area contributed by atoms with Crippen molar-refractivity contribution in [1.29, 1.82) is 0 Å². The topological polar surface area (TPSA) is 17.8 Å². The molecule has 0 atom stereocenters. The monoisotopic (exact) mass is 310 g/mol. The summed E-state index contributed by atoms with van der Waals surface area (Å²) >= 11 is 5.63. The average molecular weight is 311 g/mol. The third kappa shape index (κ3) is 2.49. The van der Waals surface area contributed by atoms with Crippen molar-refractivity contribution in [1.82, 2.24) is 9.55 Å². The minimum Gasteiger partial charge on any atom is -0.298 e. The van der Waals surface area contributed by atoms with Gasteiger partial charge < -0.3 is 0 Å². The van der Waals surface area contributed by atoms with Crippen LogP contribution < -0.4 is 0 Å². The van der Waals surface area contributed by atoms with Crippen molar-refractivity contribution in [3.63, 3.8) is 0 Å². The van der Waals surface area contributed by atoms with Crippen molar-refractivity contribution < 1.29 is 13.2 Å². The molecule has 2 nitrogen and oxygen atoms in total. The zero-order valence-electron chi connectivity index (χ0n) is 10.7. The maximum atomic E-state index is 13.3. The molecule has 0 radical (unpaired) electrons. The number of nitrogens with zero attached hydrogens (tertiary/aromatic N) is 2. The van der Waals surface area contributed by atoms with Crippen molar-refractivity contribution in [2.75, 3.05) is 0 Å². The molecule has 3 rings (SSSR count). The summed E-state index contributed by atoms with van der Waals surface area (Å²) in [6.07, 6.45) is -3.06. The lowest BCUT2D eigenvalue weighted by atomic mass is 10.1. The van der Waals surface area contributed by atoms with Crippen LogP contribution in [0.25, 0.3) is 16.7 Å². The number of halogens is 4. The highest BCUT2D eigenvalue weighted by molar-refractivity contribution is 6.17. The minimum atomic E-state index is -4.46. The van der Waals surface area contributed by atoms with Crippen LogP contribution in [0.2, 0.25) is 0 Å². The maximum Gasteiger partial charge on any atom is 0.418 e. The fourth-order valence-corrected chi connectivity index (χ4v) is 2.42. The van der Waals surface area contributed by atoms with Gasteiger partial charge >= 0.3 is 6.18 Å². The molecule has 0 aliphatic heterocycles. The predicted octanol–water partition coefficient (Wildman–Crippen LogP) is 4.78. The first kappa shape index (κ1) is 13.9. The van der Waals surface area contributed by atoms with Crippen molar-refractivity contribution in [2.24, 2.45) is 0 Å². The third-order valence-electron chi connectivity index (χ3n) is 3.23. The molecule has 0 N–H and O–H groups in total. The van der Waals surface area contributed by atoms with E-state index in [1.54, 1.807) is 30.3 Å². The fourth-order valence-electron chi connectivity index (χ4n) is 2.25. The van der Waals surface area contributed by atoms with E-state index >= 15 is 0 Å². The Balaban J connectivity index is 2.27. The largest absolute Gasteiger partial charge is 0.418 e. The average Bonchev–Trinajstić information content (AvgIpc) is 2.89. The lowest BCUT2D eigenvalue weighted by molar-refractivity contribution is -0.137. The SMILES string of the molecule is FC(F)(F)c1cc(CCl)ccc1-n1cnc2ccccc21. The maximum absolute atomic E-state index is 13.3. The lowest BCUT2D eigenvalue weighted by Gasteiger charge is -2.15. The Kier molecular flexibility index (Phi) is 3.37. The molecule has 0 spiro atoms. The van der Waals surface area contributed by atoms with E-state index in [2.05, 4.69) is 4.98 Å². The summed E-state index contributed by atoms with van der Waals surface area (Å²) in [5.41, 5.74) is 1.03. The molecule has 108 valence electrons. The smallest absolute Gasteiger partial charge is 0.298 e. The van der Waals surface area contributed by atoms with Crippen molar-refractivity contribution in [3.05, 3.63) is 59.9 Å². The molecular formula is C15H10ClF3N2. The van der Waals surface area contributed by atoms with Crippen molar-refractivity contribution >= 4 is 22.6 Å². The first-order valence-corrected chi connectivity index (χ1v) is 6.72. The number of hydrogen-bond acceptors (Lipinski definition) is 1. The summed E-state index contributed by atoms with van der Waals surface area (Å²) in [6, 6.07) is 11.1. The van der Waals surface area contributed by atoms with Gasteiger partial charge in [-0.2, -0.15) is 13.2 Å².